The van der Waals surface area contributed by atoms with Crippen LogP contribution >= 0.6 is 0 Å². The summed E-state index contributed by atoms with van der Waals surface area (Å²) in [4.78, 5) is 0.429. The second-order valence-corrected chi connectivity index (χ2v) is 11.0. The number of hydrogen-bond acceptors (Lipinski definition) is 7. The monoisotopic (exact) mass is 502 g/mol. The summed E-state index contributed by atoms with van der Waals surface area (Å²) >= 11 is 0. The lowest BCUT2D eigenvalue weighted by Crippen LogP contribution is -2.21. The summed E-state index contributed by atoms with van der Waals surface area (Å²) < 4.78 is 77.3. The third kappa shape index (κ3) is 4.30. The van der Waals surface area contributed by atoms with Crippen LogP contribution in [0.25, 0.3) is 33.4 Å². The van der Waals surface area contributed by atoms with Gasteiger partial charge in [-0.3, -0.25) is 4.55 Å². The highest BCUT2D eigenvalue weighted by molar-refractivity contribution is 7.86. The van der Waals surface area contributed by atoms with Crippen molar-refractivity contribution in [1.29, 1.82) is 0 Å². The number of anilines is 1. The molecule has 9 nitrogen and oxygen atoms in total. The lowest BCUT2D eigenvalue weighted by molar-refractivity contribution is 0.463. The molecule has 0 atom stereocenters. The fourth-order valence-electron chi connectivity index (χ4n) is 3.79. The molecule has 1 heterocycles. The van der Waals surface area contributed by atoms with Gasteiger partial charge in [-0.15, -0.1) is 0 Å². The Hall–Kier alpha value is -3.25. The lowest BCUT2D eigenvalue weighted by atomic mass is 9.93. The average Bonchev–Trinajstić information content (AvgIpc) is 2.74. The minimum atomic E-state index is -5.12. The molecule has 34 heavy (non-hydrogen) atoms. The van der Waals surface area contributed by atoms with E-state index in [0.717, 1.165) is 17.1 Å². The normalized spacial score (nSPS) is 12.3. The van der Waals surface area contributed by atoms with E-state index in [-0.39, 0.29) is 5.56 Å². The highest BCUT2D eigenvalue weighted by Gasteiger charge is 2.24. The molecule has 0 amide bonds. The second kappa shape index (κ2) is 8.20. The molecule has 2 aromatic carbocycles. The molecule has 2 aliphatic rings. The Morgan fingerprint density at radius 3 is 2.18 bits per heavy atom. The van der Waals surface area contributed by atoms with Gasteiger partial charge in [-0.2, -0.15) is 8.42 Å². The first-order valence-electron chi connectivity index (χ1n) is 10.0. The first-order valence-corrected chi connectivity index (χ1v) is 12.9. The molecule has 1 aliphatic carbocycles. The van der Waals surface area contributed by atoms with Crippen LogP contribution in [-0.2, 0) is 20.2 Å². The molecule has 0 aromatic heterocycles. The molecule has 0 unspecified atom stereocenters. The van der Waals surface area contributed by atoms with Crippen molar-refractivity contribution in [3.8, 4) is 22.5 Å². The van der Waals surface area contributed by atoms with Gasteiger partial charge in [0, 0.05) is 54.0 Å². The van der Waals surface area contributed by atoms with Crippen molar-refractivity contribution in [2.75, 3.05) is 33.1 Å². The van der Waals surface area contributed by atoms with Crippen molar-refractivity contribution in [2.24, 2.45) is 0 Å². The Morgan fingerprint density at radius 2 is 1.59 bits per heavy atom. The van der Waals surface area contributed by atoms with Crippen LogP contribution in [0.4, 0.5) is 5.69 Å². The van der Waals surface area contributed by atoms with Gasteiger partial charge >= 0.3 is 0 Å². The zero-order valence-electron chi connectivity index (χ0n) is 18.8. The van der Waals surface area contributed by atoms with Gasteiger partial charge in [0.15, 0.2) is 0 Å². The fourth-order valence-corrected chi connectivity index (χ4v) is 5.08. The Kier molecular flexibility index (Phi) is 5.76. The van der Waals surface area contributed by atoms with Crippen molar-refractivity contribution >= 4 is 36.9 Å². The quantitative estimate of drug-likeness (QED) is 0.256. The first kappa shape index (κ1) is 23.9. The van der Waals surface area contributed by atoms with Gasteiger partial charge in [0.25, 0.3) is 10.1 Å². The summed E-state index contributed by atoms with van der Waals surface area (Å²) in [5.41, 5.74) is 2.20. The molecule has 0 fully saturated rings. The minimum absolute atomic E-state index is 0.00315. The predicted octanol–water partition coefficient (Wildman–Crippen LogP) is 2.45. The van der Waals surface area contributed by atoms with E-state index in [9.17, 15) is 25.9 Å². The highest BCUT2D eigenvalue weighted by Crippen LogP contribution is 2.43. The van der Waals surface area contributed by atoms with Crippen LogP contribution in [0.5, 0.6) is 0 Å². The van der Waals surface area contributed by atoms with Gasteiger partial charge in [0.2, 0.25) is 5.36 Å². The van der Waals surface area contributed by atoms with E-state index < -0.39 is 30.0 Å². The van der Waals surface area contributed by atoms with Gasteiger partial charge < -0.3 is 13.9 Å². The SMILES string of the molecule is CN(C)c1ccc2c(-c3ccc(S(=O)(=O)O)cc3S(=O)(=O)[O-])c3ccc(=[N+](C)C)cc-3oc2c1. The van der Waals surface area contributed by atoms with Crippen molar-refractivity contribution in [2.45, 2.75) is 9.79 Å². The maximum atomic E-state index is 12.2. The molecule has 0 saturated carbocycles. The van der Waals surface area contributed by atoms with Crippen molar-refractivity contribution in [3.63, 3.8) is 0 Å². The van der Waals surface area contributed by atoms with E-state index in [4.69, 9.17) is 4.42 Å². The molecular weight excluding hydrogens is 480 g/mol. The average molecular weight is 503 g/mol. The number of rotatable bonds is 4. The van der Waals surface area contributed by atoms with E-state index >= 15 is 0 Å². The Morgan fingerprint density at radius 1 is 0.912 bits per heavy atom. The van der Waals surface area contributed by atoms with Crippen molar-refractivity contribution < 1.29 is 30.4 Å². The summed E-state index contributed by atoms with van der Waals surface area (Å²) in [6, 6.07) is 13.7. The molecule has 0 saturated heterocycles. The molecule has 178 valence electrons. The van der Waals surface area contributed by atoms with Crippen LogP contribution in [0.1, 0.15) is 0 Å². The van der Waals surface area contributed by atoms with Crippen LogP contribution in [0.15, 0.2) is 68.8 Å². The number of fused-ring (bicyclic) bond motifs is 2. The van der Waals surface area contributed by atoms with Crippen molar-refractivity contribution in [1.82, 2.24) is 4.58 Å². The second-order valence-electron chi connectivity index (χ2n) is 8.21. The van der Waals surface area contributed by atoms with E-state index in [1.807, 2.05) is 49.8 Å². The fraction of sp³-hybridized carbons (Fsp3) is 0.174. The molecule has 0 radical (unpaired) electrons. The van der Waals surface area contributed by atoms with Crippen molar-refractivity contribution in [3.05, 3.63) is 60.0 Å². The zero-order chi connectivity index (χ0) is 25.0. The highest BCUT2D eigenvalue weighted by atomic mass is 32.2. The molecule has 1 N–H and O–H groups in total. The topological polar surface area (TPSA) is 131 Å². The molecule has 0 bridgehead atoms. The third-order valence-corrected chi connectivity index (χ3v) is 7.24. The summed E-state index contributed by atoms with van der Waals surface area (Å²) in [6.07, 6.45) is 0. The van der Waals surface area contributed by atoms with Gasteiger partial charge in [0.05, 0.1) is 15.9 Å². The van der Waals surface area contributed by atoms with E-state index in [1.165, 1.54) is 6.07 Å². The molecule has 4 rings (SSSR count). The largest absolute Gasteiger partial charge is 0.744 e. The molecular formula is C23H22N2O7S2. The van der Waals surface area contributed by atoms with Gasteiger partial charge in [0.1, 0.15) is 35.6 Å². The minimum Gasteiger partial charge on any atom is -0.744 e. The smallest absolute Gasteiger partial charge is 0.294 e. The van der Waals surface area contributed by atoms with Gasteiger partial charge in [-0.25, -0.2) is 13.0 Å². The number of nitrogens with zero attached hydrogens (tertiary/aromatic N) is 2. The van der Waals surface area contributed by atoms with E-state index in [2.05, 4.69) is 0 Å². The predicted molar refractivity (Wildman–Crippen MR) is 127 cm³/mol. The van der Waals surface area contributed by atoms with Crippen LogP contribution < -0.4 is 14.8 Å². The Labute approximate surface area is 197 Å². The summed E-state index contributed by atoms with van der Waals surface area (Å²) in [5, 5.41) is 1.36. The standard InChI is InChI=1S/C23H22N2O7S2/c1-24(2)14-5-8-17-20(11-14)32-21-12-15(25(3)4)6-9-18(21)23(17)19-10-7-16(33(26,27)28)13-22(19)34(29,30)31/h5-13H,1-4H3,(H-,26,27,28,29,30,31). The first-order chi connectivity index (χ1) is 15.8. The van der Waals surface area contributed by atoms with Crippen LogP contribution in [0.2, 0.25) is 0 Å². The summed E-state index contributed by atoms with van der Waals surface area (Å²) in [6.45, 7) is 0. The third-order valence-electron chi connectivity index (χ3n) is 5.51. The maximum absolute atomic E-state index is 12.2. The number of hydrogen-bond donors (Lipinski definition) is 1. The molecule has 0 spiro atoms. The molecule has 11 heteroatoms. The molecule has 1 aliphatic heterocycles. The lowest BCUT2D eigenvalue weighted by Gasteiger charge is -2.20. The van der Waals surface area contributed by atoms with E-state index in [1.54, 1.807) is 24.3 Å². The van der Waals surface area contributed by atoms with E-state index in [0.29, 0.717) is 33.9 Å². The van der Waals surface area contributed by atoms with Gasteiger partial charge in [-0.1, -0.05) is 6.07 Å². The van der Waals surface area contributed by atoms with Crippen LogP contribution in [0.3, 0.4) is 0 Å². The molecule has 2 aromatic rings. The summed E-state index contributed by atoms with van der Waals surface area (Å²) in [5.74, 6) is 0.442. The van der Waals surface area contributed by atoms with Crippen LogP contribution in [-0.4, -0.2) is 54.1 Å². The maximum Gasteiger partial charge on any atom is 0.294 e. The number of benzene rings is 3. The van der Waals surface area contributed by atoms with Crippen LogP contribution in [0, 0.1) is 0 Å². The Bertz CT molecular complexity index is 1700. The van der Waals surface area contributed by atoms with Gasteiger partial charge in [-0.05, 0) is 30.3 Å². The Balaban J connectivity index is 2.22. The summed E-state index contributed by atoms with van der Waals surface area (Å²) in [7, 11) is -2.39. The zero-order valence-corrected chi connectivity index (χ0v) is 20.4.